The van der Waals surface area contributed by atoms with E-state index in [0.717, 1.165) is 22.6 Å². The second-order valence-electron chi connectivity index (χ2n) is 7.03. The molecule has 1 fully saturated rings. The highest BCUT2D eigenvalue weighted by Crippen LogP contribution is 2.42. The van der Waals surface area contributed by atoms with E-state index in [1.165, 1.54) is 30.3 Å². The Morgan fingerprint density at radius 3 is 2.17 bits per heavy atom. The molecule has 0 saturated carbocycles. The molecule has 1 atom stereocenters. The fourth-order valence-electron chi connectivity index (χ4n) is 3.56. The van der Waals surface area contributed by atoms with Gasteiger partial charge in [0.15, 0.2) is 0 Å². The van der Waals surface area contributed by atoms with Crippen LogP contribution in [0.3, 0.4) is 0 Å². The summed E-state index contributed by atoms with van der Waals surface area (Å²) in [5.41, 5.74) is 1.32. The first-order valence-corrected chi connectivity index (χ1v) is 9.26. The standard InChI is InChI=1S/C24H17F2NO3/c1-14-6-8-15(9-7-14)22(28)20-21(18-4-2-3-5-19(18)26)27(24(30)23(20)29)17-12-10-16(25)11-13-17/h2-13,21,28H,1H3/b22-20+. The molecular formula is C24H17F2NO3. The normalized spacial score (nSPS) is 18.1. The van der Waals surface area contributed by atoms with E-state index < -0.39 is 35.1 Å². The minimum absolute atomic E-state index is 0.0506. The second-order valence-corrected chi connectivity index (χ2v) is 7.03. The molecule has 0 radical (unpaired) electrons. The zero-order chi connectivity index (χ0) is 21.4. The number of nitrogens with zero attached hydrogens (tertiary/aromatic N) is 1. The number of ketones is 1. The lowest BCUT2D eigenvalue weighted by atomic mass is 9.94. The summed E-state index contributed by atoms with van der Waals surface area (Å²) in [6, 6.07) is 16.2. The van der Waals surface area contributed by atoms with E-state index in [4.69, 9.17) is 0 Å². The van der Waals surface area contributed by atoms with Crippen LogP contribution in [-0.2, 0) is 9.59 Å². The molecule has 1 saturated heterocycles. The summed E-state index contributed by atoms with van der Waals surface area (Å²) in [7, 11) is 0. The second kappa shape index (κ2) is 7.55. The van der Waals surface area contributed by atoms with Gasteiger partial charge < -0.3 is 5.11 Å². The third kappa shape index (κ3) is 3.26. The Morgan fingerprint density at radius 2 is 1.53 bits per heavy atom. The number of hydrogen-bond acceptors (Lipinski definition) is 3. The first-order chi connectivity index (χ1) is 14.4. The number of rotatable bonds is 3. The number of carbonyl (C=O) groups excluding carboxylic acids is 2. The van der Waals surface area contributed by atoms with Crippen molar-refractivity contribution in [2.45, 2.75) is 13.0 Å². The Labute approximate surface area is 171 Å². The Morgan fingerprint density at radius 1 is 0.900 bits per heavy atom. The van der Waals surface area contributed by atoms with E-state index in [1.807, 2.05) is 6.92 Å². The summed E-state index contributed by atoms with van der Waals surface area (Å²) in [4.78, 5) is 26.9. The molecular weight excluding hydrogens is 388 g/mol. The molecule has 4 rings (SSSR count). The number of Topliss-reactive ketones (excluding diaryl/α,β-unsaturated/α-hetero) is 1. The number of aliphatic hydroxyl groups is 1. The Balaban J connectivity index is 1.96. The first-order valence-electron chi connectivity index (χ1n) is 9.26. The SMILES string of the molecule is Cc1ccc(/C(O)=C2\C(=O)C(=O)N(c3ccc(F)cc3)C2c2ccccc2F)cc1. The number of benzene rings is 3. The smallest absolute Gasteiger partial charge is 0.300 e. The Kier molecular flexibility index (Phi) is 4.91. The van der Waals surface area contributed by atoms with Crippen LogP contribution in [0.25, 0.3) is 5.76 Å². The van der Waals surface area contributed by atoms with Crippen molar-refractivity contribution in [1.29, 1.82) is 0 Å². The molecule has 0 aromatic heterocycles. The highest BCUT2D eigenvalue weighted by atomic mass is 19.1. The van der Waals surface area contributed by atoms with Crippen LogP contribution in [0.15, 0.2) is 78.4 Å². The van der Waals surface area contributed by atoms with Crippen LogP contribution in [0.4, 0.5) is 14.5 Å². The van der Waals surface area contributed by atoms with Crippen molar-refractivity contribution < 1.29 is 23.5 Å². The fourth-order valence-corrected chi connectivity index (χ4v) is 3.56. The molecule has 1 heterocycles. The molecule has 6 heteroatoms. The zero-order valence-corrected chi connectivity index (χ0v) is 16.0. The van der Waals surface area contributed by atoms with Gasteiger partial charge in [-0.3, -0.25) is 14.5 Å². The predicted molar refractivity (Wildman–Crippen MR) is 109 cm³/mol. The summed E-state index contributed by atoms with van der Waals surface area (Å²) in [6.07, 6.45) is 0. The van der Waals surface area contributed by atoms with Crippen LogP contribution in [0, 0.1) is 18.6 Å². The number of carbonyl (C=O) groups is 2. The largest absolute Gasteiger partial charge is 0.507 e. The molecule has 1 aliphatic heterocycles. The highest BCUT2D eigenvalue weighted by Gasteiger charge is 2.47. The third-order valence-corrected chi connectivity index (χ3v) is 5.07. The molecule has 30 heavy (non-hydrogen) atoms. The van der Waals surface area contributed by atoms with Crippen molar-refractivity contribution in [3.8, 4) is 0 Å². The number of aliphatic hydroxyl groups excluding tert-OH is 1. The van der Waals surface area contributed by atoms with Crippen molar-refractivity contribution in [2.24, 2.45) is 0 Å². The monoisotopic (exact) mass is 405 g/mol. The minimum Gasteiger partial charge on any atom is -0.507 e. The van der Waals surface area contributed by atoms with E-state index in [1.54, 1.807) is 30.3 Å². The summed E-state index contributed by atoms with van der Waals surface area (Å²) in [6.45, 7) is 1.87. The predicted octanol–water partition coefficient (Wildman–Crippen LogP) is 4.90. The molecule has 1 amide bonds. The molecule has 0 bridgehead atoms. The van der Waals surface area contributed by atoms with Crippen molar-refractivity contribution in [3.05, 3.63) is 107 Å². The zero-order valence-electron chi connectivity index (χ0n) is 16.0. The van der Waals surface area contributed by atoms with Gasteiger partial charge >= 0.3 is 0 Å². The van der Waals surface area contributed by atoms with Crippen LogP contribution < -0.4 is 4.90 Å². The quantitative estimate of drug-likeness (QED) is 0.383. The van der Waals surface area contributed by atoms with Crippen LogP contribution in [0.5, 0.6) is 0 Å². The molecule has 1 aliphatic rings. The van der Waals surface area contributed by atoms with Crippen LogP contribution in [-0.4, -0.2) is 16.8 Å². The number of hydrogen-bond donors (Lipinski definition) is 1. The van der Waals surface area contributed by atoms with Gasteiger partial charge in [-0.25, -0.2) is 8.78 Å². The maximum Gasteiger partial charge on any atom is 0.300 e. The van der Waals surface area contributed by atoms with Crippen LogP contribution in [0.2, 0.25) is 0 Å². The van der Waals surface area contributed by atoms with E-state index >= 15 is 0 Å². The fraction of sp³-hybridized carbons (Fsp3) is 0.0833. The number of amides is 1. The lowest BCUT2D eigenvalue weighted by Gasteiger charge is -2.25. The van der Waals surface area contributed by atoms with Crippen molar-refractivity contribution in [3.63, 3.8) is 0 Å². The minimum atomic E-state index is -1.20. The van der Waals surface area contributed by atoms with Crippen molar-refractivity contribution in [2.75, 3.05) is 4.90 Å². The lowest BCUT2D eigenvalue weighted by Crippen LogP contribution is -2.29. The molecule has 1 unspecified atom stereocenters. The van der Waals surface area contributed by atoms with Crippen LogP contribution in [0.1, 0.15) is 22.7 Å². The Hall–Kier alpha value is -3.80. The van der Waals surface area contributed by atoms with Crippen molar-refractivity contribution >= 4 is 23.1 Å². The van der Waals surface area contributed by atoms with Gasteiger partial charge in [0.05, 0.1) is 11.6 Å². The van der Waals surface area contributed by atoms with Gasteiger partial charge in [-0.05, 0) is 37.3 Å². The average Bonchev–Trinajstić information content (AvgIpc) is 3.00. The molecule has 150 valence electrons. The maximum atomic E-state index is 14.7. The van der Waals surface area contributed by atoms with Crippen molar-refractivity contribution in [1.82, 2.24) is 0 Å². The lowest BCUT2D eigenvalue weighted by molar-refractivity contribution is -0.132. The summed E-state index contributed by atoms with van der Waals surface area (Å²) in [5, 5.41) is 10.9. The van der Waals surface area contributed by atoms with E-state index in [9.17, 15) is 23.5 Å². The van der Waals surface area contributed by atoms with Crippen LogP contribution >= 0.6 is 0 Å². The van der Waals surface area contributed by atoms with Gasteiger partial charge in [-0.2, -0.15) is 0 Å². The molecule has 0 spiro atoms. The van der Waals surface area contributed by atoms with E-state index in [-0.39, 0.29) is 16.8 Å². The summed E-state index contributed by atoms with van der Waals surface area (Å²) < 4.78 is 28.1. The average molecular weight is 405 g/mol. The van der Waals surface area contributed by atoms with Gasteiger partial charge in [0, 0.05) is 16.8 Å². The van der Waals surface area contributed by atoms with E-state index in [0.29, 0.717) is 5.56 Å². The van der Waals surface area contributed by atoms with Gasteiger partial charge in [0.2, 0.25) is 0 Å². The Bertz CT molecular complexity index is 1170. The summed E-state index contributed by atoms with van der Waals surface area (Å²) >= 11 is 0. The molecule has 4 nitrogen and oxygen atoms in total. The summed E-state index contributed by atoms with van der Waals surface area (Å²) in [5.74, 6) is -3.41. The highest BCUT2D eigenvalue weighted by molar-refractivity contribution is 6.51. The number of halogens is 2. The molecule has 1 N–H and O–H groups in total. The van der Waals surface area contributed by atoms with Gasteiger partial charge in [-0.1, -0.05) is 48.0 Å². The topological polar surface area (TPSA) is 57.6 Å². The van der Waals surface area contributed by atoms with Gasteiger partial charge in [0.25, 0.3) is 11.7 Å². The van der Waals surface area contributed by atoms with Gasteiger partial charge in [0.1, 0.15) is 17.4 Å². The number of anilines is 1. The van der Waals surface area contributed by atoms with Gasteiger partial charge in [-0.15, -0.1) is 0 Å². The molecule has 3 aromatic rings. The number of aryl methyl sites for hydroxylation is 1. The maximum absolute atomic E-state index is 14.7. The third-order valence-electron chi connectivity index (χ3n) is 5.07. The first kappa shape index (κ1) is 19.5. The molecule has 0 aliphatic carbocycles. The van der Waals surface area contributed by atoms with E-state index in [2.05, 4.69) is 0 Å². The molecule has 3 aromatic carbocycles.